The van der Waals surface area contributed by atoms with E-state index < -0.39 is 0 Å². The van der Waals surface area contributed by atoms with Crippen LogP contribution in [0.15, 0.2) is 30.3 Å². The first kappa shape index (κ1) is 24.3. The van der Waals surface area contributed by atoms with E-state index in [1.165, 1.54) is 60.8 Å². The molecule has 2 aliphatic rings. The molecule has 2 aromatic rings. The van der Waals surface area contributed by atoms with Crippen molar-refractivity contribution in [1.29, 1.82) is 0 Å². The summed E-state index contributed by atoms with van der Waals surface area (Å²) in [7, 11) is 0. The lowest BCUT2D eigenvalue weighted by Gasteiger charge is -2.49. The molecule has 0 radical (unpaired) electrons. The van der Waals surface area contributed by atoms with Crippen LogP contribution in [-0.2, 0) is 5.41 Å². The van der Waals surface area contributed by atoms with Crippen molar-refractivity contribution in [3.05, 3.63) is 58.1 Å². The van der Waals surface area contributed by atoms with Gasteiger partial charge in [0.1, 0.15) is 0 Å². The molecular formula is C34H38. The number of hydrogen-bond acceptors (Lipinski definition) is 0. The minimum atomic E-state index is -0.102. The van der Waals surface area contributed by atoms with Gasteiger partial charge in [0.2, 0.25) is 0 Å². The van der Waals surface area contributed by atoms with Gasteiger partial charge in [0, 0.05) is 27.7 Å². The van der Waals surface area contributed by atoms with Gasteiger partial charge in [0.25, 0.3) is 0 Å². The van der Waals surface area contributed by atoms with Gasteiger partial charge in [-0.25, -0.2) is 0 Å². The lowest BCUT2D eigenvalue weighted by atomic mass is 9.54. The van der Waals surface area contributed by atoms with Crippen molar-refractivity contribution < 1.29 is 0 Å². The molecule has 0 heterocycles. The van der Waals surface area contributed by atoms with Crippen LogP contribution in [0.1, 0.15) is 100 Å². The molecule has 174 valence electrons. The third-order valence-corrected chi connectivity index (χ3v) is 8.71. The van der Waals surface area contributed by atoms with E-state index in [9.17, 15) is 0 Å². The summed E-state index contributed by atoms with van der Waals surface area (Å²) in [5.74, 6) is 11.4. The van der Waals surface area contributed by atoms with Crippen LogP contribution in [0.5, 0.6) is 0 Å². The second-order valence-corrected chi connectivity index (χ2v) is 11.0. The molecule has 0 N–H and O–H groups in total. The Labute approximate surface area is 208 Å². The Morgan fingerprint density at radius 2 is 1.68 bits per heavy atom. The van der Waals surface area contributed by atoms with Crippen molar-refractivity contribution in [2.45, 2.75) is 78.1 Å². The molecule has 0 nitrogen and oxygen atoms in total. The van der Waals surface area contributed by atoms with Crippen molar-refractivity contribution in [2.75, 3.05) is 0 Å². The van der Waals surface area contributed by atoms with Gasteiger partial charge in [-0.15, -0.1) is 19.3 Å². The van der Waals surface area contributed by atoms with Gasteiger partial charge in [-0.3, -0.25) is 0 Å². The Bertz CT molecular complexity index is 1190. The minimum Gasteiger partial charge on any atom is -0.115 e. The standard InChI is InChI=1S/C34H38/c1-8-12-13-18-34(30-19-24(7)14-16-28(30)23(5)6)31-21-25(9-2)15-17-29(31)33-27(11-4)20-26(10-3)22-32(33)34/h2-4,15,17,20-24,28,30H,8,12-14,16,18-19H2,1,5-7H3/t24-,28+,30+,34?/m1/s1. The molecule has 4 rings (SSSR count). The molecule has 0 aliphatic heterocycles. The highest BCUT2D eigenvalue weighted by atomic mass is 14.6. The van der Waals surface area contributed by atoms with Crippen molar-refractivity contribution in [3.63, 3.8) is 0 Å². The van der Waals surface area contributed by atoms with Gasteiger partial charge in [0.05, 0.1) is 0 Å². The van der Waals surface area contributed by atoms with E-state index in [4.69, 9.17) is 19.3 Å². The Kier molecular flexibility index (Phi) is 6.97. The number of fused-ring (bicyclic) bond motifs is 3. The average molecular weight is 447 g/mol. The smallest absolute Gasteiger partial charge is 0.0336 e. The maximum Gasteiger partial charge on any atom is 0.0336 e. The van der Waals surface area contributed by atoms with E-state index in [-0.39, 0.29) is 5.41 Å². The number of rotatable bonds is 6. The van der Waals surface area contributed by atoms with E-state index >= 15 is 0 Å². The van der Waals surface area contributed by atoms with E-state index in [1.54, 1.807) is 0 Å². The average Bonchev–Trinajstić information content (AvgIpc) is 3.13. The third-order valence-electron chi connectivity index (χ3n) is 8.71. The van der Waals surface area contributed by atoms with Crippen LogP contribution >= 0.6 is 0 Å². The molecule has 1 unspecified atom stereocenters. The Balaban J connectivity index is 2.09. The van der Waals surface area contributed by atoms with Crippen LogP contribution in [0.25, 0.3) is 11.1 Å². The van der Waals surface area contributed by atoms with Gasteiger partial charge < -0.3 is 0 Å². The Hall–Kier alpha value is -2.88. The summed E-state index contributed by atoms with van der Waals surface area (Å²) in [6.07, 6.45) is 26.6. The second-order valence-electron chi connectivity index (χ2n) is 11.0. The monoisotopic (exact) mass is 446 g/mol. The van der Waals surface area contributed by atoms with Crippen LogP contribution in [0.4, 0.5) is 0 Å². The molecule has 4 atom stereocenters. The summed E-state index contributed by atoms with van der Waals surface area (Å²) in [6.45, 7) is 9.54. The quantitative estimate of drug-likeness (QED) is 0.310. The summed E-state index contributed by atoms with van der Waals surface area (Å²) >= 11 is 0. The molecule has 1 saturated carbocycles. The predicted octanol–water partition coefficient (Wildman–Crippen LogP) is 8.19. The fraction of sp³-hybridized carbons (Fsp3) is 0.471. The molecule has 2 aliphatic carbocycles. The molecule has 34 heavy (non-hydrogen) atoms. The summed E-state index contributed by atoms with van der Waals surface area (Å²) < 4.78 is 0. The fourth-order valence-corrected chi connectivity index (χ4v) is 7.12. The van der Waals surface area contributed by atoms with Crippen LogP contribution in [-0.4, -0.2) is 0 Å². The molecule has 0 amide bonds. The van der Waals surface area contributed by atoms with Gasteiger partial charge in [0.15, 0.2) is 0 Å². The topological polar surface area (TPSA) is 0 Å². The summed E-state index contributed by atoms with van der Waals surface area (Å²) in [4.78, 5) is 0. The SMILES string of the molecule is C#Cc1ccc2c(c1)C(CCCCC)([C@H]1C[C@H](C)CC[C@H]1C(C)C)c1cc(C#C)cc(C#C)c1-2. The fourth-order valence-electron chi connectivity index (χ4n) is 7.12. The maximum atomic E-state index is 6.10. The summed E-state index contributed by atoms with van der Waals surface area (Å²) in [5, 5.41) is 0. The lowest BCUT2D eigenvalue weighted by Crippen LogP contribution is -2.44. The van der Waals surface area contributed by atoms with E-state index in [0.29, 0.717) is 23.7 Å². The number of hydrogen-bond donors (Lipinski definition) is 0. The van der Waals surface area contributed by atoms with Crippen LogP contribution in [0.3, 0.4) is 0 Å². The largest absolute Gasteiger partial charge is 0.115 e. The van der Waals surface area contributed by atoms with Gasteiger partial charge in [-0.1, -0.05) is 77.2 Å². The molecule has 0 bridgehead atoms. The highest BCUT2D eigenvalue weighted by Crippen LogP contribution is 2.61. The van der Waals surface area contributed by atoms with Gasteiger partial charge in [-0.05, 0) is 83.9 Å². The summed E-state index contributed by atoms with van der Waals surface area (Å²) in [6, 6.07) is 10.9. The highest BCUT2D eigenvalue weighted by Gasteiger charge is 2.52. The van der Waals surface area contributed by atoms with E-state index in [2.05, 4.69) is 69.7 Å². The first-order valence-electron chi connectivity index (χ1n) is 13.1. The predicted molar refractivity (Wildman–Crippen MR) is 145 cm³/mol. The minimum absolute atomic E-state index is 0.102. The maximum absolute atomic E-state index is 6.10. The number of unbranched alkanes of at least 4 members (excludes halogenated alkanes) is 2. The van der Waals surface area contributed by atoms with E-state index in [1.807, 2.05) is 6.07 Å². The highest BCUT2D eigenvalue weighted by molar-refractivity contribution is 5.87. The number of benzene rings is 2. The normalized spacial score (nSPS) is 25.2. The van der Waals surface area contributed by atoms with Gasteiger partial charge >= 0.3 is 0 Å². The molecule has 0 saturated heterocycles. The van der Waals surface area contributed by atoms with Crippen molar-refractivity contribution >= 4 is 0 Å². The van der Waals surface area contributed by atoms with Crippen LogP contribution < -0.4 is 0 Å². The second kappa shape index (κ2) is 9.77. The zero-order valence-corrected chi connectivity index (χ0v) is 21.4. The third kappa shape index (κ3) is 3.87. The Morgan fingerprint density at radius 1 is 0.941 bits per heavy atom. The molecular weight excluding hydrogens is 408 g/mol. The van der Waals surface area contributed by atoms with Crippen molar-refractivity contribution in [3.8, 4) is 48.2 Å². The summed E-state index contributed by atoms with van der Waals surface area (Å²) in [5.41, 5.74) is 7.90. The molecule has 1 fully saturated rings. The van der Waals surface area contributed by atoms with Crippen LogP contribution in [0, 0.1) is 60.7 Å². The zero-order valence-electron chi connectivity index (χ0n) is 21.4. The van der Waals surface area contributed by atoms with Crippen LogP contribution in [0.2, 0.25) is 0 Å². The zero-order chi connectivity index (χ0) is 24.5. The number of terminal acetylenes is 3. The molecule has 0 spiro atoms. The molecule has 2 aromatic carbocycles. The lowest BCUT2D eigenvalue weighted by molar-refractivity contribution is 0.0826. The Morgan fingerprint density at radius 3 is 2.32 bits per heavy atom. The first-order chi connectivity index (χ1) is 16.4. The first-order valence-corrected chi connectivity index (χ1v) is 13.1. The van der Waals surface area contributed by atoms with Crippen molar-refractivity contribution in [2.24, 2.45) is 23.7 Å². The molecule has 0 aromatic heterocycles. The van der Waals surface area contributed by atoms with Gasteiger partial charge in [-0.2, -0.15) is 0 Å². The molecule has 0 heteroatoms. The van der Waals surface area contributed by atoms with Crippen molar-refractivity contribution in [1.82, 2.24) is 0 Å². The van der Waals surface area contributed by atoms with E-state index in [0.717, 1.165) is 23.1 Å².